The van der Waals surface area contributed by atoms with Crippen LogP contribution in [0.15, 0.2) is 0 Å². The van der Waals surface area contributed by atoms with Crippen LogP contribution in [0.3, 0.4) is 0 Å². The van der Waals surface area contributed by atoms with Crippen molar-refractivity contribution in [3.05, 3.63) is 0 Å². The molecule has 172 valence electrons. The first-order valence-electron chi connectivity index (χ1n) is 12.7. The molecule has 0 aliphatic heterocycles. The summed E-state index contributed by atoms with van der Waals surface area (Å²) in [5, 5.41) is 10.1. The number of hydrogen-bond acceptors (Lipinski definition) is 2. The van der Waals surface area contributed by atoms with Crippen LogP contribution in [0.2, 0.25) is 18.1 Å². The number of hydrogen-bond donors (Lipinski definition) is 1. The van der Waals surface area contributed by atoms with E-state index in [-0.39, 0.29) is 0 Å². The third kappa shape index (κ3) is 6.81. The molecule has 0 spiro atoms. The third-order valence-corrected chi connectivity index (χ3v) is 13.4. The van der Waals surface area contributed by atoms with Crippen LogP contribution < -0.4 is 0 Å². The predicted molar refractivity (Wildman–Crippen MR) is 129 cm³/mol. The van der Waals surface area contributed by atoms with Crippen LogP contribution in [0.4, 0.5) is 0 Å². The van der Waals surface area contributed by atoms with Gasteiger partial charge in [0.1, 0.15) is 0 Å². The van der Waals surface area contributed by atoms with E-state index in [1.54, 1.807) is 0 Å². The maximum absolute atomic E-state index is 9.83. The van der Waals surface area contributed by atoms with Crippen molar-refractivity contribution in [3.63, 3.8) is 0 Å². The Morgan fingerprint density at radius 1 is 0.931 bits per heavy atom. The molecule has 29 heavy (non-hydrogen) atoms. The van der Waals surface area contributed by atoms with Gasteiger partial charge in [0.2, 0.25) is 0 Å². The molecule has 1 N–H and O–H groups in total. The molecule has 0 amide bonds. The van der Waals surface area contributed by atoms with E-state index in [0.29, 0.717) is 16.6 Å². The Labute approximate surface area is 183 Å². The molecule has 2 aliphatic carbocycles. The van der Waals surface area contributed by atoms with Gasteiger partial charge in [0, 0.05) is 6.10 Å². The summed E-state index contributed by atoms with van der Waals surface area (Å²) in [6, 6.07) is 0. The molecule has 3 heteroatoms. The Morgan fingerprint density at radius 2 is 1.55 bits per heavy atom. The standard InChI is InChI=1S/C26H52O2Si/c1-24(2,3)29(7,8)28-23-18-17-21(26(6)20-14-16-22(23)26)15-12-10-9-11-13-19-25(4,5)27/h21-23,27H,9-20H2,1-8H3/t21-,22+,23+,26+/m1/s1. The Morgan fingerprint density at radius 3 is 2.17 bits per heavy atom. The van der Waals surface area contributed by atoms with E-state index in [0.717, 1.165) is 18.3 Å². The van der Waals surface area contributed by atoms with Gasteiger partial charge in [-0.1, -0.05) is 66.2 Å². The lowest BCUT2D eigenvalue weighted by molar-refractivity contribution is -0.0340. The van der Waals surface area contributed by atoms with E-state index in [9.17, 15) is 5.11 Å². The van der Waals surface area contributed by atoms with Gasteiger partial charge >= 0.3 is 0 Å². The molecule has 0 aromatic heterocycles. The van der Waals surface area contributed by atoms with Crippen molar-refractivity contribution in [2.45, 2.75) is 148 Å². The van der Waals surface area contributed by atoms with Crippen LogP contribution in [-0.2, 0) is 4.43 Å². The number of rotatable bonds is 10. The molecule has 2 fully saturated rings. The van der Waals surface area contributed by atoms with Gasteiger partial charge in [0.15, 0.2) is 8.32 Å². The highest BCUT2D eigenvalue weighted by molar-refractivity contribution is 6.74. The lowest BCUT2D eigenvalue weighted by Gasteiger charge is -2.51. The average Bonchev–Trinajstić information content (AvgIpc) is 2.96. The molecule has 0 unspecified atom stereocenters. The van der Waals surface area contributed by atoms with Crippen LogP contribution in [0.5, 0.6) is 0 Å². The topological polar surface area (TPSA) is 29.5 Å². The fourth-order valence-corrected chi connectivity index (χ4v) is 7.27. The first-order chi connectivity index (χ1) is 13.3. The second-order valence-electron chi connectivity index (χ2n) is 12.8. The van der Waals surface area contributed by atoms with E-state index in [1.165, 1.54) is 70.6 Å². The Balaban J connectivity index is 1.82. The van der Waals surface area contributed by atoms with Crippen LogP contribution >= 0.6 is 0 Å². The Bertz CT molecular complexity index is 502. The summed E-state index contributed by atoms with van der Waals surface area (Å²) in [4.78, 5) is 0. The Hall–Kier alpha value is 0.137. The normalized spacial score (nSPS) is 31.1. The highest BCUT2D eigenvalue weighted by atomic mass is 28.4. The monoisotopic (exact) mass is 424 g/mol. The molecule has 2 rings (SSSR count). The minimum absolute atomic E-state index is 0.310. The van der Waals surface area contributed by atoms with Crippen LogP contribution in [0.25, 0.3) is 0 Å². The average molecular weight is 425 g/mol. The molecular formula is C26H52O2Si. The number of fused-ring (bicyclic) bond motifs is 1. The van der Waals surface area contributed by atoms with Gasteiger partial charge in [-0.05, 0) is 87.8 Å². The van der Waals surface area contributed by atoms with Crippen molar-refractivity contribution in [2.75, 3.05) is 0 Å². The molecular weight excluding hydrogens is 372 g/mol. The summed E-state index contributed by atoms with van der Waals surface area (Å²) < 4.78 is 6.99. The fourth-order valence-electron chi connectivity index (χ4n) is 5.88. The molecule has 2 saturated carbocycles. The SMILES string of the molecule is CC(C)(O)CCCCCCC[C@@H]1CC[C@H](O[Si](C)(C)C(C)(C)C)[C@@H]2CCC[C@@]12C. The van der Waals surface area contributed by atoms with E-state index >= 15 is 0 Å². The zero-order valence-corrected chi connectivity index (χ0v) is 22.1. The summed E-state index contributed by atoms with van der Waals surface area (Å²) in [6.07, 6.45) is 16.3. The van der Waals surface area contributed by atoms with Gasteiger partial charge in [0.05, 0.1) is 5.60 Å². The second-order valence-corrected chi connectivity index (χ2v) is 17.6. The summed E-state index contributed by atoms with van der Waals surface area (Å²) >= 11 is 0. The Kier molecular flexibility index (Phi) is 8.53. The molecule has 0 saturated heterocycles. The van der Waals surface area contributed by atoms with E-state index in [2.05, 4.69) is 40.8 Å². The summed E-state index contributed by atoms with van der Waals surface area (Å²) in [5.74, 6) is 1.70. The predicted octanol–water partition coefficient (Wildman–Crippen LogP) is 8.09. The zero-order valence-electron chi connectivity index (χ0n) is 21.1. The van der Waals surface area contributed by atoms with Gasteiger partial charge < -0.3 is 9.53 Å². The number of unbranched alkanes of at least 4 members (excludes halogenated alkanes) is 4. The van der Waals surface area contributed by atoms with Gasteiger partial charge in [-0.2, -0.15) is 0 Å². The first kappa shape index (κ1) is 25.4. The van der Waals surface area contributed by atoms with Crippen molar-refractivity contribution >= 4 is 8.32 Å². The molecule has 0 radical (unpaired) electrons. The minimum atomic E-state index is -1.68. The van der Waals surface area contributed by atoms with Crippen LogP contribution in [0.1, 0.15) is 119 Å². The van der Waals surface area contributed by atoms with Gasteiger partial charge in [-0.15, -0.1) is 0 Å². The lowest BCUT2D eigenvalue weighted by Crippen LogP contribution is -2.51. The zero-order chi connectivity index (χ0) is 21.9. The maximum atomic E-state index is 9.83. The van der Waals surface area contributed by atoms with Crippen LogP contribution in [0, 0.1) is 17.3 Å². The van der Waals surface area contributed by atoms with E-state index in [1.807, 2.05) is 13.8 Å². The summed E-state index contributed by atoms with van der Waals surface area (Å²) in [6.45, 7) is 18.5. The van der Waals surface area contributed by atoms with Gasteiger partial charge in [-0.3, -0.25) is 0 Å². The molecule has 0 aromatic carbocycles. The molecule has 4 atom stereocenters. The molecule has 0 bridgehead atoms. The maximum Gasteiger partial charge on any atom is 0.192 e. The summed E-state index contributed by atoms with van der Waals surface area (Å²) in [7, 11) is -1.68. The fraction of sp³-hybridized carbons (Fsp3) is 1.00. The third-order valence-electron chi connectivity index (χ3n) is 8.85. The lowest BCUT2D eigenvalue weighted by atomic mass is 9.60. The van der Waals surface area contributed by atoms with Crippen molar-refractivity contribution in [3.8, 4) is 0 Å². The second kappa shape index (κ2) is 9.73. The first-order valence-corrected chi connectivity index (χ1v) is 15.6. The smallest absolute Gasteiger partial charge is 0.192 e. The largest absolute Gasteiger partial charge is 0.414 e. The summed E-state index contributed by atoms with van der Waals surface area (Å²) in [5.41, 5.74) is 0.0311. The van der Waals surface area contributed by atoms with Gasteiger partial charge in [-0.25, -0.2) is 0 Å². The molecule has 2 nitrogen and oxygen atoms in total. The van der Waals surface area contributed by atoms with Crippen LogP contribution in [-0.4, -0.2) is 25.1 Å². The van der Waals surface area contributed by atoms with Crippen molar-refractivity contribution < 1.29 is 9.53 Å². The van der Waals surface area contributed by atoms with Crippen molar-refractivity contribution in [1.29, 1.82) is 0 Å². The van der Waals surface area contributed by atoms with Gasteiger partial charge in [0.25, 0.3) is 0 Å². The van der Waals surface area contributed by atoms with E-state index < -0.39 is 13.9 Å². The van der Waals surface area contributed by atoms with Crippen molar-refractivity contribution in [2.24, 2.45) is 17.3 Å². The highest BCUT2D eigenvalue weighted by Gasteiger charge is 2.52. The highest BCUT2D eigenvalue weighted by Crippen LogP contribution is 2.58. The molecule has 0 heterocycles. The quantitative estimate of drug-likeness (QED) is 0.283. The molecule has 0 aromatic rings. The van der Waals surface area contributed by atoms with E-state index in [4.69, 9.17) is 4.43 Å². The van der Waals surface area contributed by atoms with Crippen molar-refractivity contribution in [1.82, 2.24) is 0 Å². The number of aliphatic hydroxyl groups is 1. The molecule has 2 aliphatic rings. The minimum Gasteiger partial charge on any atom is -0.414 e.